The maximum atomic E-state index is 4.91. The summed E-state index contributed by atoms with van der Waals surface area (Å²) in [5, 5.41) is 3.25. The zero-order valence-electron chi connectivity index (χ0n) is 13.1. The van der Waals surface area contributed by atoms with Crippen LogP contribution in [0.5, 0.6) is 0 Å². The average molecular weight is 287 g/mol. The maximum Gasteiger partial charge on any atom is 0.137 e. The van der Waals surface area contributed by atoms with Gasteiger partial charge in [-0.2, -0.15) is 0 Å². The molecule has 5 nitrogen and oxygen atoms in total. The van der Waals surface area contributed by atoms with Gasteiger partial charge in [-0.3, -0.25) is 4.90 Å². The molecule has 1 saturated heterocycles. The van der Waals surface area contributed by atoms with Gasteiger partial charge < -0.3 is 10.2 Å². The van der Waals surface area contributed by atoms with Gasteiger partial charge in [-0.25, -0.2) is 9.97 Å². The minimum absolute atomic E-state index is 0.601. The Kier molecular flexibility index (Phi) is 3.25. The van der Waals surface area contributed by atoms with Crippen molar-refractivity contribution in [1.82, 2.24) is 14.9 Å². The Hall–Kier alpha value is -1.36. The van der Waals surface area contributed by atoms with Crippen LogP contribution in [-0.4, -0.2) is 54.1 Å². The van der Waals surface area contributed by atoms with E-state index in [1.807, 2.05) is 7.05 Å². The van der Waals surface area contributed by atoms with E-state index in [1.165, 1.54) is 44.3 Å². The zero-order chi connectivity index (χ0) is 14.4. The molecule has 4 rings (SSSR count). The summed E-state index contributed by atoms with van der Waals surface area (Å²) in [5.74, 6) is 3.81. The van der Waals surface area contributed by atoms with E-state index in [-0.39, 0.29) is 0 Å². The van der Waals surface area contributed by atoms with Crippen LogP contribution in [0.15, 0.2) is 0 Å². The molecule has 3 aliphatic rings. The monoisotopic (exact) mass is 287 g/mol. The van der Waals surface area contributed by atoms with Gasteiger partial charge in [-0.1, -0.05) is 0 Å². The molecule has 2 saturated carbocycles. The topological polar surface area (TPSA) is 44.3 Å². The quantitative estimate of drug-likeness (QED) is 0.917. The predicted octanol–water partition coefficient (Wildman–Crippen LogP) is 1.99. The SMILES string of the molecule is CNc1nc(C2CC2)nc(N2CCN(C3CC3)CC2)c1C. The summed E-state index contributed by atoms with van der Waals surface area (Å²) in [4.78, 5) is 14.7. The summed E-state index contributed by atoms with van der Waals surface area (Å²) in [5.41, 5.74) is 1.20. The Balaban J connectivity index is 1.56. The number of piperazine rings is 1. The molecule has 0 radical (unpaired) electrons. The second kappa shape index (κ2) is 5.13. The number of nitrogens with one attached hydrogen (secondary N) is 1. The van der Waals surface area contributed by atoms with Gasteiger partial charge in [-0.15, -0.1) is 0 Å². The third-order valence-corrected chi connectivity index (χ3v) is 4.99. The van der Waals surface area contributed by atoms with Crippen molar-refractivity contribution in [3.63, 3.8) is 0 Å². The summed E-state index contributed by atoms with van der Waals surface area (Å²) >= 11 is 0. The summed E-state index contributed by atoms with van der Waals surface area (Å²) < 4.78 is 0. The molecule has 1 aromatic heterocycles. The van der Waals surface area contributed by atoms with E-state index in [0.717, 1.165) is 36.6 Å². The number of aromatic nitrogens is 2. The Labute approximate surface area is 126 Å². The minimum Gasteiger partial charge on any atom is -0.373 e. The second-order valence-corrected chi connectivity index (χ2v) is 6.66. The van der Waals surface area contributed by atoms with Gasteiger partial charge in [0, 0.05) is 50.7 Å². The fourth-order valence-electron chi connectivity index (χ4n) is 3.34. The molecule has 114 valence electrons. The molecule has 0 atom stereocenters. The van der Waals surface area contributed by atoms with Crippen molar-refractivity contribution in [2.24, 2.45) is 0 Å². The third kappa shape index (κ3) is 2.59. The van der Waals surface area contributed by atoms with Crippen LogP contribution in [-0.2, 0) is 0 Å². The summed E-state index contributed by atoms with van der Waals surface area (Å²) in [6.45, 7) is 6.71. The van der Waals surface area contributed by atoms with E-state index in [1.54, 1.807) is 0 Å². The van der Waals surface area contributed by atoms with E-state index >= 15 is 0 Å². The minimum atomic E-state index is 0.601. The lowest BCUT2D eigenvalue weighted by atomic mass is 10.2. The fourth-order valence-corrected chi connectivity index (χ4v) is 3.34. The van der Waals surface area contributed by atoms with E-state index in [0.29, 0.717) is 5.92 Å². The molecule has 2 heterocycles. The Morgan fingerprint density at radius 3 is 2.29 bits per heavy atom. The van der Waals surface area contributed by atoms with E-state index in [9.17, 15) is 0 Å². The van der Waals surface area contributed by atoms with Crippen molar-refractivity contribution in [2.75, 3.05) is 43.4 Å². The van der Waals surface area contributed by atoms with Gasteiger partial charge in [0.1, 0.15) is 17.5 Å². The first kappa shape index (κ1) is 13.3. The predicted molar refractivity (Wildman–Crippen MR) is 85.1 cm³/mol. The first-order chi connectivity index (χ1) is 10.3. The molecule has 0 bridgehead atoms. The first-order valence-electron chi connectivity index (χ1n) is 8.31. The van der Waals surface area contributed by atoms with E-state index < -0.39 is 0 Å². The third-order valence-electron chi connectivity index (χ3n) is 4.99. The van der Waals surface area contributed by atoms with Crippen molar-refractivity contribution in [3.8, 4) is 0 Å². The number of nitrogens with zero attached hydrogens (tertiary/aromatic N) is 4. The molecule has 1 N–H and O–H groups in total. The fraction of sp³-hybridized carbons (Fsp3) is 0.750. The van der Waals surface area contributed by atoms with Crippen molar-refractivity contribution in [2.45, 2.75) is 44.6 Å². The molecule has 21 heavy (non-hydrogen) atoms. The second-order valence-electron chi connectivity index (χ2n) is 6.66. The summed E-state index contributed by atoms with van der Waals surface area (Å²) in [7, 11) is 1.96. The Morgan fingerprint density at radius 2 is 1.71 bits per heavy atom. The number of hydrogen-bond donors (Lipinski definition) is 1. The van der Waals surface area contributed by atoms with E-state index in [4.69, 9.17) is 9.97 Å². The molecule has 3 fully saturated rings. The van der Waals surface area contributed by atoms with Crippen LogP contribution in [0.4, 0.5) is 11.6 Å². The van der Waals surface area contributed by atoms with Crippen molar-refractivity contribution in [1.29, 1.82) is 0 Å². The van der Waals surface area contributed by atoms with E-state index in [2.05, 4.69) is 22.0 Å². The molecule has 1 aromatic rings. The zero-order valence-corrected chi connectivity index (χ0v) is 13.1. The maximum absolute atomic E-state index is 4.91. The Bertz CT molecular complexity index is 528. The van der Waals surface area contributed by atoms with Crippen LogP contribution in [0.25, 0.3) is 0 Å². The largest absolute Gasteiger partial charge is 0.373 e. The molecule has 1 aliphatic heterocycles. The van der Waals surface area contributed by atoms with Crippen molar-refractivity contribution >= 4 is 11.6 Å². The summed E-state index contributed by atoms with van der Waals surface area (Å²) in [6.07, 6.45) is 5.31. The summed E-state index contributed by atoms with van der Waals surface area (Å²) in [6, 6.07) is 0.883. The van der Waals surface area contributed by atoms with Crippen LogP contribution in [0.2, 0.25) is 0 Å². The van der Waals surface area contributed by atoms with Crippen LogP contribution in [0.3, 0.4) is 0 Å². The van der Waals surface area contributed by atoms with Crippen molar-refractivity contribution in [3.05, 3.63) is 11.4 Å². The van der Waals surface area contributed by atoms with Gasteiger partial charge in [-0.05, 0) is 32.6 Å². The highest BCUT2D eigenvalue weighted by Gasteiger charge is 2.33. The highest BCUT2D eigenvalue weighted by atomic mass is 15.3. The number of rotatable bonds is 4. The molecule has 0 amide bonds. The Morgan fingerprint density at radius 1 is 1.00 bits per heavy atom. The molecule has 5 heteroatoms. The lowest BCUT2D eigenvalue weighted by molar-refractivity contribution is 0.247. The van der Waals surface area contributed by atoms with Gasteiger partial charge in [0.2, 0.25) is 0 Å². The van der Waals surface area contributed by atoms with Gasteiger partial charge in [0.05, 0.1) is 0 Å². The highest BCUT2D eigenvalue weighted by Crippen LogP contribution is 2.40. The lowest BCUT2D eigenvalue weighted by Crippen LogP contribution is -2.47. The van der Waals surface area contributed by atoms with Crippen LogP contribution >= 0.6 is 0 Å². The molecule has 0 unspecified atom stereocenters. The smallest absolute Gasteiger partial charge is 0.137 e. The van der Waals surface area contributed by atoms with Crippen LogP contribution in [0, 0.1) is 6.92 Å². The number of anilines is 2. The molecule has 0 aromatic carbocycles. The van der Waals surface area contributed by atoms with Crippen LogP contribution < -0.4 is 10.2 Å². The molecular weight excluding hydrogens is 262 g/mol. The van der Waals surface area contributed by atoms with Crippen LogP contribution in [0.1, 0.15) is 43.0 Å². The van der Waals surface area contributed by atoms with Gasteiger partial charge in [0.15, 0.2) is 0 Å². The highest BCUT2D eigenvalue weighted by molar-refractivity contribution is 5.59. The van der Waals surface area contributed by atoms with Crippen molar-refractivity contribution < 1.29 is 0 Å². The number of hydrogen-bond acceptors (Lipinski definition) is 5. The molecule has 2 aliphatic carbocycles. The average Bonchev–Trinajstić information content (AvgIpc) is 3.40. The standard InChI is InChI=1S/C16H25N5/c1-11-14(17-2)18-15(12-3-4-12)19-16(11)21-9-7-20(8-10-21)13-5-6-13/h12-13H,3-10H2,1-2H3,(H,17,18,19). The lowest BCUT2D eigenvalue weighted by Gasteiger charge is -2.36. The first-order valence-corrected chi connectivity index (χ1v) is 8.31. The molecule has 0 spiro atoms. The normalized spacial score (nSPS) is 23.4. The molecular formula is C16H25N5. The van der Waals surface area contributed by atoms with Gasteiger partial charge >= 0.3 is 0 Å². The van der Waals surface area contributed by atoms with Gasteiger partial charge in [0.25, 0.3) is 0 Å².